The summed E-state index contributed by atoms with van der Waals surface area (Å²) in [6, 6.07) is 11.1. The minimum Gasteiger partial charge on any atom is -0.491 e. The monoisotopic (exact) mass is 600 g/mol. The van der Waals surface area contributed by atoms with Gasteiger partial charge in [0.2, 0.25) is 0 Å². The number of hydrogen-bond acceptors (Lipinski definition) is 8. The number of esters is 2. The predicted molar refractivity (Wildman–Crippen MR) is 144 cm³/mol. The van der Waals surface area contributed by atoms with Crippen LogP contribution in [0.25, 0.3) is 12.2 Å². The quantitative estimate of drug-likeness (QED) is 0.0812. The van der Waals surface area contributed by atoms with Crippen molar-refractivity contribution >= 4 is 24.1 Å². The van der Waals surface area contributed by atoms with Crippen LogP contribution in [0.4, 0.5) is 17.6 Å². The predicted octanol–water partition coefficient (Wildman–Crippen LogP) is 5.70. The van der Waals surface area contributed by atoms with Crippen LogP contribution in [-0.4, -0.2) is 50.6 Å². The third-order valence-corrected chi connectivity index (χ3v) is 6.06. The van der Waals surface area contributed by atoms with Gasteiger partial charge < -0.3 is 28.4 Å². The van der Waals surface area contributed by atoms with Gasteiger partial charge in [-0.25, -0.2) is 27.2 Å². The molecule has 0 bridgehead atoms. The largest absolute Gasteiger partial charge is 0.491 e. The fourth-order valence-corrected chi connectivity index (χ4v) is 3.63. The van der Waals surface area contributed by atoms with Crippen LogP contribution < -0.4 is 18.9 Å². The van der Waals surface area contributed by atoms with Gasteiger partial charge in [0.15, 0.2) is 0 Å². The first-order chi connectivity index (χ1) is 20.7. The highest BCUT2D eigenvalue weighted by Gasteiger charge is 2.24. The maximum Gasteiger partial charge on any atom is 0.336 e. The van der Waals surface area contributed by atoms with Crippen molar-refractivity contribution in [2.75, 3.05) is 26.4 Å². The van der Waals surface area contributed by atoms with Crippen LogP contribution in [0, 0.1) is 11.6 Å². The molecule has 2 atom stereocenters. The highest BCUT2D eigenvalue weighted by atomic mass is 19.3. The molecule has 2 saturated heterocycles. The molecule has 2 heterocycles. The fraction of sp³-hybridized carbons (Fsp3) is 0.226. The van der Waals surface area contributed by atoms with Crippen LogP contribution in [0.2, 0.25) is 0 Å². The molecule has 224 valence electrons. The Kier molecular flexibility index (Phi) is 9.38. The normalized spacial score (nSPS) is 17.3. The molecule has 43 heavy (non-hydrogen) atoms. The van der Waals surface area contributed by atoms with Crippen LogP contribution in [0.1, 0.15) is 23.1 Å². The first-order valence-corrected chi connectivity index (χ1v) is 13.0. The lowest BCUT2D eigenvalue weighted by Gasteiger charge is -2.10. The molecule has 3 aromatic rings. The summed E-state index contributed by atoms with van der Waals surface area (Å²) in [7, 11) is 0. The maximum atomic E-state index is 14.3. The molecular weight excluding hydrogens is 576 g/mol. The summed E-state index contributed by atoms with van der Waals surface area (Å²) in [4.78, 5) is 24.5. The average molecular weight is 601 g/mol. The van der Waals surface area contributed by atoms with E-state index in [2.05, 4.69) is 0 Å². The summed E-state index contributed by atoms with van der Waals surface area (Å²) in [5, 5.41) is 0. The number of hydrogen-bond donors (Lipinski definition) is 0. The molecular formula is C31H24F4O8. The molecule has 0 spiro atoms. The third-order valence-electron chi connectivity index (χ3n) is 6.06. The van der Waals surface area contributed by atoms with Crippen molar-refractivity contribution in [2.45, 2.75) is 18.6 Å². The van der Waals surface area contributed by atoms with Gasteiger partial charge >= 0.3 is 11.9 Å². The molecule has 0 radical (unpaired) electrons. The van der Waals surface area contributed by atoms with Gasteiger partial charge in [0, 0.05) is 35.4 Å². The van der Waals surface area contributed by atoms with Gasteiger partial charge in [-0.05, 0) is 54.6 Å². The van der Waals surface area contributed by atoms with Crippen molar-refractivity contribution in [1.82, 2.24) is 0 Å². The first kappa shape index (κ1) is 29.8. The number of benzene rings is 3. The Balaban J connectivity index is 1.16. The van der Waals surface area contributed by atoms with Crippen LogP contribution in [0.5, 0.6) is 23.0 Å². The number of carbonyl (C=O) groups is 2. The number of carbonyl (C=O) groups excluding carboxylic acids is 2. The fourth-order valence-electron chi connectivity index (χ4n) is 3.63. The number of rotatable bonds is 13. The highest BCUT2D eigenvalue weighted by molar-refractivity contribution is 5.90. The van der Waals surface area contributed by atoms with E-state index in [9.17, 15) is 27.2 Å². The van der Waals surface area contributed by atoms with E-state index in [1.165, 1.54) is 24.3 Å². The summed E-state index contributed by atoms with van der Waals surface area (Å²) >= 11 is 0. The van der Waals surface area contributed by atoms with Gasteiger partial charge in [0.25, 0.3) is 6.43 Å². The molecule has 12 heteroatoms. The Morgan fingerprint density at radius 1 is 0.744 bits per heavy atom. The summed E-state index contributed by atoms with van der Waals surface area (Å²) in [6.45, 7) is 1.79. The molecule has 0 aromatic heterocycles. The van der Waals surface area contributed by atoms with Crippen molar-refractivity contribution in [1.29, 1.82) is 0 Å². The Hall–Kier alpha value is -4.68. The lowest BCUT2D eigenvalue weighted by atomic mass is 10.2. The van der Waals surface area contributed by atoms with Crippen molar-refractivity contribution < 1.29 is 55.6 Å². The molecule has 2 aliphatic heterocycles. The van der Waals surface area contributed by atoms with Crippen molar-refractivity contribution in [2.24, 2.45) is 0 Å². The maximum absolute atomic E-state index is 14.3. The van der Waals surface area contributed by atoms with Crippen LogP contribution in [0.15, 0.2) is 66.7 Å². The molecule has 0 N–H and O–H groups in total. The first-order valence-electron chi connectivity index (χ1n) is 13.0. The summed E-state index contributed by atoms with van der Waals surface area (Å²) in [6.07, 6.45) is 1.02. The SMILES string of the molecule is O=C(/C=C/c1ccc(OCC2CO2)cc1F)Oc1ccc(OC(=O)/C=C/c2ccc(OCC3CO3)cc2F)c(C(F)F)c1. The van der Waals surface area contributed by atoms with Crippen LogP contribution in [-0.2, 0) is 19.1 Å². The Morgan fingerprint density at radius 3 is 1.70 bits per heavy atom. The lowest BCUT2D eigenvalue weighted by molar-refractivity contribution is -0.130. The van der Waals surface area contributed by atoms with E-state index in [1.54, 1.807) is 0 Å². The van der Waals surface area contributed by atoms with Gasteiger partial charge in [-0.3, -0.25) is 0 Å². The molecule has 2 fully saturated rings. The Bertz CT molecular complexity index is 1550. The van der Waals surface area contributed by atoms with E-state index >= 15 is 0 Å². The highest BCUT2D eigenvalue weighted by Crippen LogP contribution is 2.33. The van der Waals surface area contributed by atoms with E-state index in [1.807, 2.05) is 0 Å². The molecule has 8 nitrogen and oxygen atoms in total. The topological polar surface area (TPSA) is 96.1 Å². The Morgan fingerprint density at radius 2 is 1.23 bits per heavy atom. The van der Waals surface area contributed by atoms with Gasteiger partial charge in [-0.1, -0.05) is 0 Å². The van der Waals surface area contributed by atoms with Gasteiger partial charge in [0.1, 0.15) is 60.1 Å². The zero-order chi connectivity index (χ0) is 30.3. The number of epoxide rings is 2. The second-order valence-corrected chi connectivity index (χ2v) is 9.41. The molecule has 0 aliphatic carbocycles. The standard InChI is InChI=1S/C31H24F4O8/c32-26-12-20(38-14-23-16-40-23)5-1-18(26)3-9-29(36)42-22-7-8-28(25(11-22)31(34)35)43-30(37)10-4-19-2-6-21(13-27(19)33)39-15-24-17-41-24/h1-13,23-24,31H,14-17H2/b9-3+,10-4+. The number of halogens is 4. The molecule has 3 aromatic carbocycles. The number of ether oxygens (including phenoxy) is 6. The molecule has 0 amide bonds. The number of alkyl halides is 2. The van der Waals surface area contributed by atoms with Gasteiger partial charge in [-0.15, -0.1) is 0 Å². The van der Waals surface area contributed by atoms with Crippen molar-refractivity contribution in [3.8, 4) is 23.0 Å². The van der Waals surface area contributed by atoms with Gasteiger partial charge in [0.05, 0.1) is 18.8 Å². The average Bonchev–Trinajstić information content (AvgIpc) is 3.90. The zero-order valence-corrected chi connectivity index (χ0v) is 22.3. The minimum atomic E-state index is -3.09. The van der Waals surface area contributed by atoms with Crippen molar-refractivity contribution in [3.63, 3.8) is 0 Å². The second kappa shape index (κ2) is 13.5. The zero-order valence-electron chi connectivity index (χ0n) is 22.3. The molecule has 0 saturated carbocycles. The van der Waals surface area contributed by atoms with Crippen molar-refractivity contribution in [3.05, 3.63) is 95.1 Å². The van der Waals surface area contributed by atoms with E-state index in [-0.39, 0.29) is 34.8 Å². The van der Waals surface area contributed by atoms with E-state index < -0.39 is 41.3 Å². The molecule has 5 rings (SSSR count). The second-order valence-electron chi connectivity index (χ2n) is 9.41. The van der Waals surface area contributed by atoms with E-state index in [0.29, 0.717) is 32.2 Å². The van der Waals surface area contributed by atoms with Crippen LogP contribution >= 0.6 is 0 Å². The smallest absolute Gasteiger partial charge is 0.336 e. The summed E-state index contributed by atoms with van der Waals surface area (Å²) < 4.78 is 87.0. The summed E-state index contributed by atoms with van der Waals surface area (Å²) in [5.41, 5.74) is -0.603. The van der Waals surface area contributed by atoms with Gasteiger partial charge in [-0.2, -0.15) is 0 Å². The summed E-state index contributed by atoms with van der Waals surface area (Å²) in [5.74, 6) is -3.47. The molecule has 2 aliphatic rings. The lowest BCUT2D eigenvalue weighted by Crippen LogP contribution is -2.08. The Labute approximate surface area is 243 Å². The van der Waals surface area contributed by atoms with E-state index in [0.717, 1.165) is 54.6 Å². The van der Waals surface area contributed by atoms with Crippen LogP contribution in [0.3, 0.4) is 0 Å². The minimum absolute atomic E-state index is 0.00180. The molecule has 2 unspecified atom stereocenters. The van der Waals surface area contributed by atoms with E-state index in [4.69, 9.17) is 28.4 Å². The third kappa shape index (κ3) is 8.90.